The van der Waals surface area contributed by atoms with Crippen LogP contribution in [0.2, 0.25) is 0 Å². The number of aromatic nitrogens is 1. The molecule has 4 nitrogen and oxygen atoms in total. The first-order valence-electron chi connectivity index (χ1n) is 5.18. The van der Waals surface area contributed by atoms with Crippen molar-refractivity contribution in [2.24, 2.45) is 0 Å². The molecule has 1 atom stereocenters. The molecule has 5 heteroatoms. The van der Waals surface area contributed by atoms with Crippen LogP contribution in [0.15, 0.2) is 24.5 Å². The molecule has 1 aliphatic heterocycles. The highest BCUT2D eigenvalue weighted by Crippen LogP contribution is 2.10. The molecule has 0 bridgehead atoms. The standard InChI is InChI=1S/C11H13ClN2O2/c12-6-10-8-14(4-5-16-10)11(15)9-2-1-3-13-7-9/h1-3,7,10H,4-6,8H2. The lowest BCUT2D eigenvalue weighted by atomic mass is 10.2. The smallest absolute Gasteiger partial charge is 0.255 e. The van der Waals surface area contributed by atoms with Crippen LogP contribution in [0.25, 0.3) is 0 Å². The number of hydrogen-bond acceptors (Lipinski definition) is 3. The number of morpholine rings is 1. The molecule has 0 aliphatic carbocycles. The van der Waals surface area contributed by atoms with Gasteiger partial charge in [-0.05, 0) is 12.1 Å². The van der Waals surface area contributed by atoms with Gasteiger partial charge in [0.15, 0.2) is 0 Å². The van der Waals surface area contributed by atoms with Crippen LogP contribution >= 0.6 is 11.6 Å². The lowest BCUT2D eigenvalue weighted by molar-refractivity contribution is -0.0108. The van der Waals surface area contributed by atoms with E-state index in [1.807, 2.05) is 0 Å². The number of carbonyl (C=O) groups is 1. The molecule has 0 N–H and O–H groups in total. The monoisotopic (exact) mass is 240 g/mol. The first-order chi connectivity index (χ1) is 7.81. The van der Waals surface area contributed by atoms with Crippen molar-refractivity contribution in [2.75, 3.05) is 25.6 Å². The Balaban J connectivity index is 2.05. The van der Waals surface area contributed by atoms with Crippen LogP contribution in [0.5, 0.6) is 0 Å². The minimum absolute atomic E-state index is 0.00785. The highest BCUT2D eigenvalue weighted by molar-refractivity contribution is 6.18. The second kappa shape index (κ2) is 5.27. The van der Waals surface area contributed by atoms with Gasteiger partial charge in [0.25, 0.3) is 5.91 Å². The number of amides is 1. The number of ether oxygens (including phenoxy) is 1. The van der Waals surface area contributed by atoms with Gasteiger partial charge in [0.2, 0.25) is 0 Å². The van der Waals surface area contributed by atoms with E-state index >= 15 is 0 Å². The van der Waals surface area contributed by atoms with Gasteiger partial charge in [-0.2, -0.15) is 0 Å². The van der Waals surface area contributed by atoms with Crippen LogP contribution < -0.4 is 0 Å². The minimum atomic E-state index is -0.0592. The molecule has 16 heavy (non-hydrogen) atoms. The molecular formula is C11H13ClN2O2. The quantitative estimate of drug-likeness (QED) is 0.729. The van der Waals surface area contributed by atoms with E-state index in [1.54, 1.807) is 29.4 Å². The Hall–Kier alpha value is -1.13. The maximum Gasteiger partial charge on any atom is 0.255 e. The Kier molecular flexibility index (Phi) is 3.74. The molecule has 0 spiro atoms. The molecule has 1 saturated heterocycles. The number of rotatable bonds is 2. The van der Waals surface area contributed by atoms with Crippen LogP contribution in [0.3, 0.4) is 0 Å². The Bertz CT molecular complexity index is 358. The lowest BCUT2D eigenvalue weighted by Gasteiger charge is -2.32. The first kappa shape index (κ1) is 11.4. The van der Waals surface area contributed by atoms with Crippen molar-refractivity contribution >= 4 is 17.5 Å². The van der Waals surface area contributed by atoms with Gasteiger partial charge in [-0.15, -0.1) is 11.6 Å². The van der Waals surface area contributed by atoms with Gasteiger partial charge < -0.3 is 9.64 Å². The number of hydrogen-bond donors (Lipinski definition) is 0. The summed E-state index contributed by atoms with van der Waals surface area (Å²) < 4.78 is 5.40. The highest BCUT2D eigenvalue weighted by atomic mass is 35.5. The van der Waals surface area contributed by atoms with Crippen molar-refractivity contribution in [1.29, 1.82) is 0 Å². The zero-order chi connectivity index (χ0) is 11.4. The fourth-order valence-corrected chi connectivity index (χ4v) is 1.86. The largest absolute Gasteiger partial charge is 0.373 e. The van der Waals surface area contributed by atoms with Crippen LogP contribution in [-0.2, 0) is 4.74 Å². The summed E-state index contributed by atoms with van der Waals surface area (Å²) in [7, 11) is 0. The first-order valence-corrected chi connectivity index (χ1v) is 5.71. The minimum Gasteiger partial charge on any atom is -0.373 e. The summed E-state index contributed by atoms with van der Waals surface area (Å²) in [5.41, 5.74) is 0.609. The molecule has 0 saturated carbocycles. The number of carbonyl (C=O) groups excluding carboxylic acids is 1. The Labute approximate surface area is 99.2 Å². The second-order valence-corrected chi connectivity index (χ2v) is 3.95. The van der Waals surface area contributed by atoms with E-state index in [9.17, 15) is 4.79 Å². The zero-order valence-electron chi connectivity index (χ0n) is 8.80. The summed E-state index contributed by atoms with van der Waals surface area (Å²) in [6.45, 7) is 1.71. The fourth-order valence-electron chi connectivity index (χ4n) is 1.67. The Morgan fingerprint density at radius 1 is 1.69 bits per heavy atom. The predicted octanol–water partition coefficient (Wildman–Crippen LogP) is 1.16. The average Bonchev–Trinajstić information content (AvgIpc) is 2.39. The topological polar surface area (TPSA) is 42.4 Å². The molecule has 2 rings (SSSR count). The fraction of sp³-hybridized carbons (Fsp3) is 0.455. The van der Waals surface area contributed by atoms with Gasteiger partial charge in [0, 0.05) is 25.5 Å². The average molecular weight is 241 g/mol. The van der Waals surface area contributed by atoms with Crippen molar-refractivity contribution in [3.05, 3.63) is 30.1 Å². The van der Waals surface area contributed by atoms with Crippen LogP contribution in [-0.4, -0.2) is 47.5 Å². The third kappa shape index (κ3) is 2.51. The molecule has 1 unspecified atom stereocenters. The van der Waals surface area contributed by atoms with Crippen molar-refractivity contribution < 1.29 is 9.53 Å². The van der Waals surface area contributed by atoms with E-state index in [0.29, 0.717) is 31.1 Å². The summed E-state index contributed by atoms with van der Waals surface area (Å²) in [5, 5.41) is 0. The van der Waals surface area contributed by atoms with E-state index in [0.717, 1.165) is 0 Å². The maximum atomic E-state index is 12.0. The Morgan fingerprint density at radius 2 is 2.56 bits per heavy atom. The predicted molar refractivity (Wildman–Crippen MR) is 60.6 cm³/mol. The normalized spacial score (nSPS) is 20.8. The van der Waals surface area contributed by atoms with Gasteiger partial charge in [0.05, 0.1) is 24.2 Å². The molecule has 0 aromatic carbocycles. The van der Waals surface area contributed by atoms with Crippen LogP contribution in [0, 0.1) is 0 Å². The SMILES string of the molecule is O=C(c1cccnc1)N1CCOC(CCl)C1. The van der Waals surface area contributed by atoms with Gasteiger partial charge in [0.1, 0.15) is 0 Å². The third-order valence-corrected chi connectivity index (χ3v) is 2.85. The molecule has 1 fully saturated rings. The molecule has 1 aliphatic rings. The van der Waals surface area contributed by atoms with Gasteiger partial charge >= 0.3 is 0 Å². The molecule has 86 valence electrons. The number of nitrogens with zero attached hydrogens (tertiary/aromatic N) is 2. The van der Waals surface area contributed by atoms with Gasteiger partial charge in [-0.1, -0.05) is 0 Å². The van der Waals surface area contributed by atoms with E-state index in [4.69, 9.17) is 16.3 Å². The van der Waals surface area contributed by atoms with E-state index < -0.39 is 0 Å². The van der Waals surface area contributed by atoms with E-state index in [1.165, 1.54) is 0 Å². The second-order valence-electron chi connectivity index (χ2n) is 3.64. The summed E-state index contributed by atoms with van der Waals surface area (Å²) >= 11 is 5.72. The molecule has 0 radical (unpaired) electrons. The van der Waals surface area contributed by atoms with Crippen molar-refractivity contribution in [3.8, 4) is 0 Å². The van der Waals surface area contributed by atoms with Crippen molar-refractivity contribution in [2.45, 2.75) is 6.10 Å². The summed E-state index contributed by atoms with van der Waals surface area (Å²) in [5.74, 6) is 0.406. The Morgan fingerprint density at radius 3 is 3.25 bits per heavy atom. The number of pyridine rings is 1. The zero-order valence-corrected chi connectivity index (χ0v) is 9.56. The van der Waals surface area contributed by atoms with E-state index in [2.05, 4.69) is 4.98 Å². The maximum absolute atomic E-state index is 12.0. The summed E-state index contributed by atoms with van der Waals surface area (Å²) in [6.07, 6.45) is 3.17. The molecule has 1 amide bonds. The van der Waals surface area contributed by atoms with Crippen molar-refractivity contribution in [1.82, 2.24) is 9.88 Å². The molecule has 1 aromatic rings. The van der Waals surface area contributed by atoms with Crippen LogP contribution in [0.1, 0.15) is 10.4 Å². The van der Waals surface area contributed by atoms with Gasteiger partial charge in [-0.25, -0.2) is 0 Å². The van der Waals surface area contributed by atoms with Crippen molar-refractivity contribution in [3.63, 3.8) is 0 Å². The van der Waals surface area contributed by atoms with Gasteiger partial charge in [-0.3, -0.25) is 9.78 Å². The third-order valence-electron chi connectivity index (χ3n) is 2.51. The highest BCUT2D eigenvalue weighted by Gasteiger charge is 2.24. The summed E-state index contributed by atoms with van der Waals surface area (Å²) in [4.78, 5) is 17.7. The molecule has 2 heterocycles. The lowest BCUT2D eigenvalue weighted by Crippen LogP contribution is -2.46. The van der Waals surface area contributed by atoms with E-state index in [-0.39, 0.29) is 12.0 Å². The molecular weight excluding hydrogens is 228 g/mol. The summed E-state index contributed by atoms with van der Waals surface area (Å²) in [6, 6.07) is 3.52. The number of halogens is 1. The molecule has 1 aromatic heterocycles. The van der Waals surface area contributed by atoms with Crippen LogP contribution in [0.4, 0.5) is 0 Å². The number of alkyl halides is 1.